The second-order valence-corrected chi connectivity index (χ2v) is 15.0. The molecule has 0 radical (unpaired) electrons. The number of aromatic nitrogens is 3. The van der Waals surface area contributed by atoms with Gasteiger partial charge in [0.2, 0.25) is 0 Å². The van der Waals surface area contributed by atoms with Crippen LogP contribution in [0.15, 0.2) is 72.0 Å². The lowest BCUT2D eigenvalue weighted by Gasteiger charge is -2.22. The molecule has 0 aliphatic heterocycles. The van der Waals surface area contributed by atoms with Crippen LogP contribution in [0.3, 0.4) is 0 Å². The standard InChI is InChI=1S/C28H31N5O3Si/c1-19-15-32(18-30-19)25-11-8-22(13-27(25)36-2)31-24-12-20(14-29)16-33(28(24)35)26(17-34)21-6-9-23(10-7-21)37(3,4)5/h6-13,15-16,18,26,31,34H,17H2,1-5H3/t26-/m0/s1. The third kappa shape index (κ3) is 5.50. The first-order valence-electron chi connectivity index (χ1n) is 12.0. The van der Waals surface area contributed by atoms with Crippen molar-refractivity contribution >= 4 is 24.6 Å². The smallest absolute Gasteiger partial charge is 0.274 e. The largest absolute Gasteiger partial charge is 0.494 e. The van der Waals surface area contributed by atoms with Crippen molar-refractivity contribution in [2.24, 2.45) is 0 Å². The zero-order valence-corrected chi connectivity index (χ0v) is 22.7. The van der Waals surface area contributed by atoms with Crippen molar-refractivity contribution in [3.05, 3.63) is 94.4 Å². The van der Waals surface area contributed by atoms with E-state index in [1.54, 1.807) is 19.5 Å². The summed E-state index contributed by atoms with van der Waals surface area (Å²) in [6.07, 6.45) is 5.09. The highest BCUT2D eigenvalue weighted by Gasteiger charge is 2.20. The maximum absolute atomic E-state index is 13.5. The van der Waals surface area contributed by atoms with Gasteiger partial charge in [0.05, 0.1) is 51.1 Å². The van der Waals surface area contributed by atoms with Gasteiger partial charge in [-0.05, 0) is 30.7 Å². The summed E-state index contributed by atoms with van der Waals surface area (Å²) in [5.74, 6) is 0.592. The number of benzene rings is 2. The van der Waals surface area contributed by atoms with Gasteiger partial charge < -0.3 is 24.3 Å². The molecule has 0 unspecified atom stereocenters. The molecule has 2 aromatic carbocycles. The van der Waals surface area contributed by atoms with Gasteiger partial charge in [-0.3, -0.25) is 4.79 Å². The van der Waals surface area contributed by atoms with E-state index in [0.717, 1.165) is 16.9 Å². The highest BCUT2D eigenvalue weighted by atomic mass is 28.3. The second kappa shape index (κ2) is 10.5. The van der Waals surface area contributed by atoms with Gasteiger partial charge >= 0.3 is 0 Å². The summed E-state index contributed by atoms with van der Waals surface area (Å²) in [7, 11) is 0.0881. The first kappa shape index (κ1) is 25.9. The summed E-state index contributed by atoms with van der Waals surface area (Å²) in [5, 5.41) is 24.4. The number of rotatable bonds is 8. The van der Waals surface area contributed by atoms with Crippen LogP contribution in [-0.4, -0.2) is 41.0 Å². The van der Waals surface area contributed by atoms with Crippen LogP contribution >= 0.6 is 0 Å². The van der Waals surface area contributed by atoms with E-state index in [1.807, 2.05) is 42.0 Å². The van der Waals surface area contributed by atoms with Gasteiger partial charge in [0.15, 0.2) is 0 Å². The Morgan fingerprint density at radius 3 is 2.43 bits per heavy atom. The Bertz CT molecular complexity index is 1510. The molecule has 0 aliphatic carbocycles. The first-order chi connectivity index (χ1) is 17.6. The summed E-state index contributed by atoms with van der Waals surface area (Å²) in [6, 6.07) is 16.5. The summed E-state index contributed by atoms with van der Waals surface area (Å²) in [6.45, 7) is 8.42. The second-order valence-electron chi connectivity index (χ2n) is 9.97. The fourth-order valence-corrected chi connectivity index (χ4v) is 5.39. The minimum absolute atomic E-state index is 0.226. The van der Waals surface area contributed by atoms with Crippen LogP contribution in [0.1, 0.15) is 22.9 Å². The third-order valence-corrected chi connectivity index (χ3v) is 8.36. The Morgan fingerprint density at radius 2 is 1.86 bits per heavy atom. The van der Waals surface area contributed by atoms with E-state index < -0.39 is 14.1 Å². The molecule has 0 aliphatic rings. The van der Waals surface area contributed by atoms with Crippen LogP contribution in [-0.2, 0) is 0 Å². The highest BCUT2D eigenvalue weighted by molar-refractivity contribution is 6.88. The summed E-state index contributed by atoms with van der Waals surface area (Å²) < 4.78 is 8.86. The number of hydrogen-bond acceptors (Lipinski definition) is 6. The van der Waals surface area contributed by atoms with Gasteiger partial charge in [0.1, 0.15) is 17.5 Å². The molecular formula is C28H31N5O3Si. The SMILES string of the molecule is COc1cc(Nc2cc(C#N)cn([C@@H](CO)c3ccc([Si](C)(C)C)cc3)c2=O)ccc1-n1cnc(C)c1. The molecule has 4 rings (SSSR count). The van der Waals surface area contributed by atoms with E-state index in [9.17, 15) is 15.2 Å². The number of anilines is 2. The number of aryl methyl sites for hydroxylation is 1. The molecule has 1 atom stereocenters. The van der Waals surface area contributed by atoms with Crippen LogP contribution in [0.2, 0.25) is 19.6 Å². The fourth-order valence-electron chi connectivity index (χ4n) is 4.22. The van der Waals surface area contributed by atoms with Crippen molar-refractivity contribution in [1.29, 1.82) is 5.26 Å². The van der Waals surface area contributed by atoms with Gasteiger partial charge in [0, 0.05) is 24.1 Å². The molecule has 8 nitrogen and oxygen atoms in total. The Morgan fingerprint density at radius 1 is 1.14 bits per heavy atom. The fraction of sp³-hybridized carbons (Fsp3) is 0.250. The molecule has 0 bridgehead atoms. The van der Waals surface area contributed by atoms with E-state index >= 15 is 0 Å². The normalized spacial score (nSPS) is 12.1. The maximum atomic E-state index is 13.5. The number of imidazole rings is 1. The van der Waals surface area contributed by atoms with E-state index in [2.05, 4.69) is 48.1 Å². The molecule has 2 aromatic heterocycles. The summed E-state index contributed by atoms with van der Waals surface area (Å²) in [4.78, 5) is 17.8. The molecule has 0 saturated carbocycles. The number of nitriles is 1. The molecule has 2 heterocycles. The van der Waals surface area contributed by atoms with E-state index in [-0.39, 0.29) is 17.9 Å². The Hall–Kier alpha value is -4.13. The topological polar surface area (TPSA) is 105 Å². The van der Waals surface area contributed by atoms with Gasteiger partial charge in [-0.25, -0.2) is 4.98 Å². The number of nitrogens with one attached hydrogen (secondary N) is 1. The number of ether oxygens (including phenoxy) is 1. The van der Waals surface area contributed by atoms with Crippen LogP contribution in [0.4, 0.5) is 11.4 Å². The lowest BCUT2D eigenvalue weighted by atomic mass is 10.1. The number of methoxy groups -OCH3 is 1. The first-order valence-corrected chi connectivity index (χ1v) is 15.5. The molecule has 0 amide bonds. The van der Waals surface area contributed by atoms with Crippen molar-refractivity contribution in [1.82, 2.24) is 14.1 Å². The number of hydrogen-bond donors (Lipinski definition) is 2. The Labute approximate surface area is 217 Å². The number of aliphatic hydroxyl groups excluding tert-OH is 1. The molecule has 0 fully saturated rings. The van der Waals surface area contributed by atoms with Gasteiger partial charge in [-0.2, -0.15) is 5.26 Å². The molecule has 0 saturated heterocycles. The maximum Gasteiger partial charge on any atom is 0.274 e. The minimum Gasteiger partial charge on any atom is -0.494 e. The van der Waals surface area contributed by atoms with Crippen molar-refractivity contribution in [3.63, 3.8) is 0 Å². The van der Waals surface area contributed by atoms with Crippen molar-refractivity contribution < 1.29 is 9.84 Å². The third-order valence-electron chi connectivity index (χ3n) is 6.29. The molecule has 2 N–H and O–H groups in total. The summed E-state index contributed by atoms with van der Waals surface area (Å²) in [5.41, 5.74) is 3.29. The van der Waals surface area contributed by atoms with Crippen LogP contribution in [0, 0.1) is 18.3 Å². The molecule has 9 heteroatoms. The number of aliphatic hydroxyl groups is 1. The summed E-state index contributed by atoms with van der Waals surface area (Å²) >= 11 is 0. The molecule has 0 spiro atoms. The minimum atomic E-state index is -1.49. The molecular weight excluding hydrogens is 482 g/mol. The molecule has 4 aromatic rings. The Balaban J connectivity index is 1.71. The zero-order valence-electron chi connectivity index (χ0n) is 21.7. The monoisotopic (exact) mass is 513 g/mol. The zero-order chi connectivity index (χ0) is 26.7. The average Bonchev–Trinajstić information content (AvgIpc) is 3.32. The predicted molar refractivity (Wildman–Crippen MR) is 148 cm³/mol. The lowest BCUT2D eigenvalue weighted by molar-refractivity contribution is 0.247. The highest BCUT2D eigenvalue weighted by Crippen LogP contribution is 2.28. The van der Waals surface area contributed by atoms with Crippen molar-refractivity contribution in [2.75, 3.05) is 19.0 Å². The molecule has 37 heavy (non-hydrogen) atoms. The van der Waals surface area contributed by atoms with E-state index in [1.165, 1.54) is 22.0 Å². The predicted octanol–water partition coefficient (Wildman–Crippen LogP) is 4.09. The van der Waals surface area contributed by atoms with Crippen molar-refractivity contribution in [2.45, 2.75) is 32.6 Å². The molecule has 190 valence electrons. The van der Waals surface area contributed by atoms with Crippen LogP contribution < -0.4 is 20.8 Å². The Kier molecular flexibility index (Phi) is 7.34. The van der Waals surface area contributed by atoms with Gasteiger partial charge in [-0.1, -0.05) is 49.1 Å². The quantitative estimate of drug-likeness (QED) is 0.344. The van der Waals surface area contributed by atoms with E-state index in [0.29, 0.717) is 17.0 Å². The van der Waals surface area contributed by atoms with Gasteiger partial charge in [-0.15, -0.1) is 0 Å². The number of pyridine rings is 1. The van der Waals surface area contributed by atoms with Crippen LogP contribution in [0.25, 0.3) is 5.69 Å². The lowest BCUT2D eigenvalue weighted by Crippen LogP contribution is -2.37. The van der Waals surface area contributed by atoms with E-state index in [4.69, 9.17) is 4.74 Å². The van der Waals surface area contributed by atoms with Crippen molar-refractivity contribution in [3.8, 4) is 17.5 Å². The van der Waals surface area contributed by atoms with Gasteiger partial charge in [0.25, 0.3) is 5.56 Å². The van der Waals surface area contributed by atoms with Crippen LogP contribution in [0.5, 0.6) is 5.75 Å². The number of nitrogens with zero attached hydrogens (tertiary/aromatic N) is 4. The average molecular weight is 514 g/mol.